The molecular formula is C36H47N5O9S. The summed E-state index contributed by atoms with van der Waals surface area (Å²) in [5, 5.41) is 4.78. The Bertz CT molecular complexity index is 1710. The summed E-state index contributed by atoms with van der Waals surface area (Å²) in [6, 6.07) is 3.81. The van der Waals surface area contributed by atoms with E-state index in [2.05, 4.69) is 21.9 Å². The van der Waals surface area contributed by atoms with Crippen LogP contribution in [-0.4, -0.2) is 96.8 Å². The topological polar surface area (TPSA) is 181 Å². The summed E-state index contributed by atoms with van der Waals surface area (Å²) in [5.41, 5.74) is 1.57. The molecule has 1 aromatic carbocycles. The smallest absolute Gasteiger partial charge is 0.410 e. The number of benzene rings is 1. The first-order chi connectivity index (χ1) is 24.5. The highest BCUT2D eigenvalue weighted by Gasteiger charge is 2.62. The number of nitrogens with one attached hydrogen (secondary N) is 3. The van der Waals surface area contributed by atoms with Crippen LogP contribution < -0.4 is 15.4 Å². The Balaban J connectivity index is 1.26. The Morgan fingerprint density at radius 3 is 2.73 bits per heavy atom. The van der Waals surface area contributed by atoms with Crippen molar-refractivity contribution in [2.75, 3.05) is 19.7 Å². The molecule has 1 aromatic rings. The highest BCUT2D eigenvalue weighted by molar-refractivity contribution is 7.91. The zero-order valence-corrected chi connectivity index (χ0v) is 29.8. The first-order valence-electron chi connectivity index (χ1n) is 17.9. The van der Waals surface area contributed by atoms with Gasteiger partial charge in [-0.15, -0.1) is 6.58 Å². The molecule has 3 fully saturated rings. The van der Waals surface area contributed by atoms with Gasteiger partial charge in [0.1, 0.15) is 23.7 Å². The summed E-state index contributed by atoms with van der Waals surface area (Å²) >= 11 is 0. The van der Waals surface area contributed by atoms with E-state index in [4.69, 9.17) is 9.47 Å². The van der Waals surface area contributed by atoms with Gasteiger partial charge >= 0.3 is 12.2 Å². The van der Waals surface area contributed by atoms with Crippen molar-refractivity contribution in [2.24, 2.45) is 5.92 Å². The Kier molecular flexibility index (Phi) is 10.7. The molecule has 0 spiro atoms. The molecule has 5 amide bonds. The maximum absolute atomic E-state index is 14.2. The van der Waals surface area contributed by atoms with Gasteiger partial charge in [-0.25, -0.2) is 18.0 Å². The van der Waals surface area contributed by atoms with Gasteiger partial charge in [-0.2, -0.15) is 0 Å². The van der Waals surface area contributed by atoms with E-state index >= 15 is 0 Å². The second-order valence-electron chi connectivity index (χ2n) is 14.1. The molecule has 51 heavy (non-hydrogen) atoms. The van der Waals surface area contributed by atoms with Crippen molar-refractivity contribution in [3.05, 3.63) is 53.6 Å². The van der Waals surface area contributed by atoms with E-state index in [1.54, 1.807) is 4.90 Å². The van der Waals surface area contributed by atoms with Crippen LogP contribution in [-0.2, 0) is 46.8 Å². The number of hydrogen-bond donors (Lipinski definition) is 3. The minimum absolute atomic E-state index is 0.0660. The molecule has 276 valence electrons. The van der Waals surface area contributed by atoms with Crippen LogP contribution in [0.2, 0.25) is 0 Å². The van der Waals surface area contributed by atoms with Gasteiger partial charge in [-0.1, -0.05) is 56.2 Å². The molecule has 0 radical (unpaired) electrons. The van der Waals surface area contributed by atoms with E-state index in [9.17, 15) is 32.4 Å². The maximum Gasteiger partial charge on any atom is 0.410 e. The molecule has 5 aliphatic rings. The Morgan fingerprint density at radius 1 is 1.20 bits per heavy atom. The first-order valence-corrected chi connectivity index (χ1v) is 19.5. The Morgan fingerprint density at radius 2 is 2.00 bits per heavy atom. The summed E-state index contributed by atoms with van der Waals surface area (Å²) < 4.78 is 38.8. The molecule has 3 heterocycles. The quantitative estimate of drug-likeness (QED) is 0.323. The maximum atomic E-state index is 14.2. The Hall–Kier alpha value is -4.40. The summed E-state index contributed by atoms with van der Waals surface area (Å²) in [6.45, 7) is 6.47. The lowest BCUT2D eigenvalue weighted by molar-refractivity contribution is -0.141. The van der Waals surface area contributed by atoms with E-state index < -0.39 is 74.8 Å². The number of amides is 5. The zero-order valence-electron chi connectivity index (χ0n) is 28.9. The van der Waals surface area contributed by atoms with Crippen LogP contribution in [0.1, 0.15) is 81.4 Å². The third kappa shape index (κ3) is 8.08. The van der Waals surface area contributed by atoms with E-state index in [0.29, 0.717) is 51.6 Å². The minimum atomic E-state index is -3.90. The predicted octanol–water partition coefficient (Wildman–Crippen LogP) is 2.91. The Labute approximate surface area is 298 Å². The monoisotopic (exact) mass is 725 g/mol. The van der Waals surface area contributed by atoms with Gasteiger partial charge in [0.2, 0.25) is 21.8 Å². The largest absolute Gasteiger partial charge is 0.450 e. The lowest BCUT2D eigenvalue weighted by atomic mass is 9.94. The third-order valence-electron chi connectivity index (χ3n) is 10.4. The molecule has 2 saturated carbocycles. The molecule has 2 aliphatic carbocycles. The number of alkyl carbamates (subject to hydrolysis) is 1. The van der Waals surface area contributed by atoms with E-state index in [1.807, 2.05) is 37.3 Å². The van der Waals surface area contributed by atoms with Crippen molar-refractivity contribution in [3.63, 3.8) is 0 Å². The molecular weight excluding hydrogens is 678 g/mol. The zero-order chi connectivity index (χ0) is 36.3. The van der Waals surface area contributed by atoms with Gasteiger partial charge in [0, 0.05) is 25.4 Å². The molecule has 0 unspecified atom stereocenters. The standard InChI is InChI=1S/C36H47N5O9S/c1-3-5-13-29-32(43)41-21-26(19-30(41)31(42)38-36(20-25(36)4-2)33(44)39-51(47,48)27-14-15-27)50-35(46)40-17-16-24-12-9-11-23(28(24)22-40)10-7-6-8-18-49-34(45)37-29/h4,7,9-12,25-27,29-30H,2-3,5-6,8,13-22H2,1H3,(H,37,45)(H,38,42)(H,39,44)/b10-7+/t25-,26+,29-,30-,36+/m0/s1. The molecule has 4 bridgehead atoms. The SMILES string of the molecule is C=C[C@H]1C[C@]1(NC(=O)[C@@H]1C[C@@H]2CN1C(=O)[C@H](CCCC)NC(=O)OCCC/C=C/c1cccc3c1CN(CC3)C(=O)O2)C(=O)NS(=O)(=O)C1CC1. The van der Waals surface area contributed by atoms with Gasteiger partial charge in [0.25, 0.3) is 5.91 Å². The number of carbonyl (C=O) groups excluding carboxylic acids is 5. The molecule has 3 aliphatic heterocycles. The van der Waals surface area contributed by atoms with Gasteiger partial charge in [-0.05, 0) is 61.6 Å². The number of cyclic esters (lactones) is 1. The number of carbonyl (C=O) groups is 5. The van der Waals surface area contributed by atoms with Crippen molar-refractivity contribution in [1.82, 2.24) is 25.2 Å². The van der Waals surface area contributed by atoms with Crippen LogP contribution in [0, 0.1) is 5.92 Å². The van der Waals surface area contributed by atoms with Gasteiger partial charge in [0.15, 0.2) is 0 Å². The number of rotatable bonds is 9. The van der Waals surface area contributed by atoms with Gasteiger partial charge in [0.05, 0.1) is 18.4 Å². The van der Waals surface area contributed by atoms with E-state index in [1.165, 1.54) is 11.0 Å². The minimum Gasteiger partial charge on any atom is -0.450 e. The normalized spacial score (nSPS) is 28.9. The van der Waals surface area contributed by atoms with E-state index in [0.717, 1.165) is 23.1 Å². The van der Waals surface area contributed by atoms with Crippen LogP contribution >= 0.6 is 0 Å². The summed E-state index contributed by atoms with van der Waals surface area (Å²) in [6.07, 6.45) is 7.72. The van der Waals surface area contributed by atoms with Crippen molar-refractivity contribution in [1.29, 1.82) is 0 Å². The lowest BCUT2D eigenvalue weighted by Crippen LogP contribution is -2.58. The second kappa shape index (κ2) is 15.1. The van der Waals surface area contributed by atoms with E-state index in [-0.39, 0.29) is 32.4 Å². The van der Waals surface area contributed by atoms with Crippen molar-refractivity contribution < 1.29 is 41.9 Å². The number of unbranched alkanes of at least 4 members (excludes halogenated alkanes) is 1. The molecule has 15 heteroatoms. The van der Waals surface area contributed by atoms with Crippen LogP contribution in [0.25, 0.3) is 6.08 Å². The lowest BCUT2D eigenvalue weighted by Gasteiger charge is -2.30. The highest BCUT2D eigenvalue weighted by Crippen LogP contribution is 2.45. The van der Waals surface area contributed by atoms with Crippen LogP contribution in [0.5, 0.6) is 0 Å². The van der Waals surface area contributed by atoms with Gasteiger partial charge < -0.3 is 29.9 Å². The fourth-order valence-corrected chi connectivity index (χ4v) is 8.52. The molecule has 3 N–H and O–H groups in total. The van der Waals surface area contributed by atoms with Crippen molar-refractivity contribution in [3.8, 4) is 0 Å². The number of sulfonamides is 1. The average Bonchev–Trinajstić information content (AvgIpc) is 4.04. The molecule has 5 atom stereocenters. The summed E-state index contributed by atoms with van der Waals surface area (Å²) in [5.74, 6) is -2.64. The van der Waals surface area contributed by atoms with Crippen LogP contribution in [0.15, 0.2) is 36.9 Å². The third-order valence-corrected chi connectivity index (χ3v) is 12.2. The number of allylic oxidation sites excluding steroid dienone is 1. The number of ether oxygens (including phenoxy) is 2. The molecule has 14 nitrogen and oxygen atoms in total. The second-order valence-corrected chi connectivity index (χ2v) is 16.1. The van der Waals surface area contributed by atoms with Crippen LogP contribution in [0.4, 0.5) is 9.59 Å². The number of fused-ring (bicyclic) bond motifs is 3. The van der Waals surface area contributed by atoms with Crippen molar-refractivity contribution >= 4 is 46.0 Å². The number of hydrogen-bond acceptors (Lipinski definition) is 9. The highest BCUT2D eigenvalue weighted by atomic mass is 32.2. The fourth-order valence-electron chi connectivity index (χ4n) is 7.16. The van der Waals surface area contributed by atoms with Gasteiger partial charge in [-0.3, -0.25) is 19.1 Å². The first kappa shape index (κ1) is 36.4. The summed E-state index contributed by atoms with van der Waals surface area (Å²) in [4.78, 5) is 71.1. The average molecular weight is 726 g/mol. The fraction of sp³-hybridized carbons (Fsp3) is 0.583. The molecule has 6 rings (SSSR count). The summed E-state index contributed by atoms with van der Waals surface area (Å²) in [7, 11) is -3.90. The number of nitrogens with zero attached hydrogens (tertiary/aromatic N) is 2. The van der Waals surface area contributed by atoms with Crippen LogP contribution in [0.3, 0.4) is 0 Å². The van der Waals surface area contributed by atoms with Crippen molar-refractivity contribution in [2.45, 2.75) is 107 Å². The molecule has 1 saturated heterocycles. The molecule has 0 aromatic heterocycles. The predicted molar refractivity (Wildman–Crippen MR) is 186 cm³/mol.